The molecule has 0 saturated heterocycles. The zero-order valence-corrected chi connectivity index (χ0v) is 14.7. The van der Waals surface area contributed by atoms with E-state index in [0.29, 0.717) is 18.8 Å². The standard InChI is InChI=1S/C21H23N3O/c1-17-15-20(22-23(17)2)21(25)24(16-19-11-7-4-8-12-19)14-13-18-9-5-3-6-10-18/h3-12,15H,13-14,16H2,1-2H3. The first-order chi connectivity index (χ1) is 12.1. The van der Waals surface area contributed by atoms with Crippen molar-refractivity contribution in [2.45, 2.75) is 19.9 Å². The summed E-state index contributed by atoms with van der Waals surface area (Å²) in [4.78, 5) is 14.9. The van der Waals surface area contributed by atoms with Crippen molar-refractivity contribution < 1.29 is 4.79 Å². The van der Waals surface area contributed by atoms with Crippen molar-refractivity contribution in [1.29, 1.82) is 0 Å². The SMILES string of the molecule is Cc1cc(C(=O)N(CCc2ccccc2)Cc2ccccc2)nn1C. The van der Waals surface area contributed by atoms with Gasteiger partial charge >= 0.3 is 0 Å². The largest absolute Gasteiger partial charge is 0.333 e. The third-order valence-corrected chi connectivity index (χ3v) is 4.35. The molecule has 3 rings (SSSR count). The monoisotopic (exact) mass is 333 g/mol. The van der Waals surface area contributed by atoms with E-state index in [9.17, 15) is 4.79 Å². The van der Waals surface area contributed by atoms with E-state index in [-0.39, 0.29) is 5.91 Å². The predicted molar refractivity (Wildman–Crippen MR) is 99.3 cm³/mol. The molecular weight excluding hydrogens is 310 g/mol. The third-order valence-electron chi connectivity index (χ3n) is 4.35. The van der Waals surface area contributed by atoms with Crippen molar-refractivity contribution in [3.8, 4) is 0 Å². The second-order valence-corrected chi connectivity index (χ2v) is 6.24. The summed E-state index contributed by atoms with van der Waals surface area (Å²) in [6.45, 7) is 3.20. The maximum Gasteiger partial charge on any atom is 0.274 e. The molecule has 4 heteroatoms. The van der Waals surface area contributed by atoms with Crippen LogP contribution in [0.25, 0.3) is 0 Å². The van der Waals surface area contributed by atoms with Gasteiger partial charge in [0.15, 0.2) is 5.69 Å². The Morgan fingerprint density at radius 3 is 2.16 bits per heavy atom. The topological polar surface area (TPSA) is 38.1 Å². The molecule has 0 saturated carbocycles. The van der Waals surface area contributed by atoms with E-state index >= 15 is 0 Å². The first-order valence-corrected chi connectivity index (χ1v) is 8.51. The molecule has 0 atom stereocenters. The lowest BCUT2D eigenvalue weighted by molar-refractivity contribution is 0.0738. The number of hydrogen-bond donors (Lipinski definition) is 0. The number of rotatable bonds is 6. The molecule has 0 unspecified atom stereocenters. The Balaban J connectivity index is 1.79. The van der Waals surface area contributed by atoms with Gasteiger partial charge in [0.2, 0.25) is 0 Å². The molecule has 0 radical (unpaired) electrons. The summed E-state index contributed by atoms with van der Waals surface area (Å²) in [5.41, 5.74) is 3.83. The summed E-state index contributed by atoms with van der Waals surface area (Å²) >= 11 is 0. The smallest absolute Gasteiger partial charge is 0.274 e. The van der Waals surface area contributed by atoms with Crippen LogP contribution in [0.1, 0.15) is 27.3 Å². The highest BCUT2D eigenvalue weighted by Gasteiger charge is 2.19. The van der Waals surface area contributed by atoms with E-state index in [0.717, 1.165) is 17.7 Å². The highest BCUT2D eigenvalue weighted by Crippen LogP contribution is 2.12. The number of carbonyl (C=O) groups excluding carboxylic acids is 1. The molecular formula is C21H23N3O. The Kier molecular flexibility index (Phi) is 5.29. The van der Waals surface area contributed by atoms with E-state index in [4.69, 9.17) is 0 Å². The Morgan fingerprint density at radius 1 is 1.00 bits per heavy atom. The molecule has 0 bridgehead atoms. The van der Waals surface area contributed by atoms with E-state index in [1.807, 2.05) is 73.5 Å². The first kappa shape index (κ1) is 17.0. The molecule has 4 nitrogen and oxygen atoms in total. The Hall–Kier alpha value is -2.88. The fraction of sp³-hybridized carbons (Fsp3) is 0.238. The number of benzene rings is 2. The van der Waals surface area contributed by atoms with Crippen molar-refractivity contribution >= 4 is 5.91 Å². The Labute approximate surface area is 148 Å². The highest BCUT2D eigenvalue weighted by molar-refractivity contribution is 5.92. The molecule has 0 aliphatic rings. The molecule has 0 aliphatic heterocycles. The summed E-state index contributed by atoms with van der Waals surface area (Å²) in [5.74, 6) is -0.0246. The second kappa shape index (κ2) is 7.79. The first-order valence-electron chi connectivity index (χ1n) is 8.51. The van der Waals surface area contributed by atoms with Crippen molar-refractivity contribution in [1.82, 2.24) is 14.7 Å². The second-order valence-electron chi connectivity index (χ2n) is 6.24. The van der Waals surface area contributed by atoms with E-state index < -0.39 is 0 Å². The number of aromatic nitrogens is 2. The van der Waals surface area contributed by atoms with E-state index in [1.165, 1.54) is 5.56 Å². The quantitative estimate of drug-likeness (QED) is 0.691. The number of amides is 1. The van der Waals surface area contributed by atoms with Crippen LogP contribution >= 0.6 is 0 Å². The molecule has 0 N–H and O–H groups in total. The zero-order valence-electron chi connectivity index (χ0n) is 14.7. The number of nitrogens with zero attached hydrogens (tertiary/aromatic N) is 3. The maximum absolute atomic E-state index is 13.0. The van der Waals surface area contributed by atoms with Crippen LogP contribution in [0, 0.1) is 6.92 Å². The number of hydrogen-bond acceptors (Lipinski definition) is 2. The number of aryl methyl sites for hydroxylation is 2. The van der Waals surface area contributed by atoms with Gasteiger partial charge in [-0.2, -0.15) is 5.10 Å². The molecule has 1 amide bonds. The summed E-state index contributed by atoms with van der Waals surface area (Å²) in [7, 11) is 1.86. The minimum atomic E-state index is -0.0246. The summed E-state index contributed by atoms with van der Waals surface area (Å²) < 4.78 is 1.74. The molecule has 0 fully saturated rings. The minimum absolute atomic E-state index is 0.0246. The summed E-state index contributed by atoms with van der Waals surface area (Å²) in [6, 6.07) is 22.2. The lowest BCUT2D eigenvalue weighted by atomic mass is 10.1. The van der Waals surface area contributed by atoms with Gasteiger partial charge in [-0.25, -0.2) is 0 Å². The molecule has 3 aromatic rings. The van der Waals surface area contributed by atoms with Gasteiger partial charge in [0, 0.05) is 25.8 Å². The average molecular weight is 333 g/mol. The zero-order chi connectivity index (χ0) is 17.6. The fourth-order valence-electron chi connectivity index (χ4n) is 2.79. The minimum Gasteiger partial charge on any atom is -0.333 e. The average Bonchev–Trinajstić information content (AvgIpc) is 2.98. The van der Waals surface area contributed by atoms with Gasteiger partial charge in [0.25, 0.3) is 5.91 Å². The molecule has 25 heavy (non-hydrogen) atoms. The van der Waals surface area contributed by atoms with Crippen molar-refractivity contribution in [3.05, 3.63) is 89.2 Å². The summed E-state index contributed by atoms with van der Waals surface area (Å²) in [5, 5.41) is 4.35. The van der Waals surface area contributed by atoms with Gasteiger partial charge in [0.05, 0.1) is 0 Å². The molecule has 2 aromatic carbocycles. The normalized spacial score (nSPS) is 10.6. The third kappa shape index (κ3) is 4.35. The van der Waals surface area contributed by atoms with Gasteiger partial charge in [0.1, 0.15) is 0 Å². The van der Waals surface area contributed by atoms with Gasteiger partial charge in [-0.3, -0.25) is 9.48 Å². The van der Waals surface area contributed by atoms with Crippen LogP contribution < -0.4 is 0 Å². The molecule has 128 valence electrons. The fourth-order valence-corrected chi connectivity index (χ4v) is 2.79. The van der Waals surface area contributed by atoms with Crippen LogP contribution in [-0.2, 0) is 20.0 Å². The summed E-state index contributed by atoms with van der Waals surface area (Å²) in [6.07, 6.45) is 0.825. The van der Waals surface area contributed by atoms with Gasteiger partial charge in [-0.15, -0.1) is 0 Å². The van der Waals surface area contributed by atoms with Crippen LogP contribution in [-0.4, -0.2) is 27.1 Å². The lowest BCUT2D eigenvalue weighted by Gasteiger charge is -2.22. The van der Waals surface area contributed by atoms with Crippen LogP contribution in [0.4, 0.5) is 0 Å². The predicted octanol–water partition coefficient (Wildman–Crippen LogP) is 3.61. The van der Waals surface area contributed by atoms with E-state index in [2.05, 4.69) is 17.2 Å². The van der Waals surface area contributed by atoms with Crippen LogP contribution in [0.15, 0.2) is 66.7 Å². The van der Waals surface area contributed by atoms with Gasteiger partial charge in [-0.1, -0.05) is 60.7 Å². The van der Waals surface area contributed by atoms with E-state index in [1.54, 1.807) is 4.68 Å². The van der Waals surface area contributed by atoms with Crippen LogP contribution in [0.5, 0.6) is 0 Å². The molecule has 0 spiro atoms. The van der Waals surface area contributed by atoms with Crippen LogP contribution in [0.2, 0.25) is 0 Å². The lowest BCUT2D eigenvalue weighted by Crippen LogP contribution is -2.33. The van der Waals surface area contributed by atoms with Gasteiger partial charge < -0.3 is 4.90 Å². The Morgan fingerprint density at radius 2 is 1.60 bits per heavy atom. The maximum atomic E-state index is 13.0. The number of carbonyl (C=O) groups is 1. The van der Waals surface area contributed by atoms with Crippen molar-refractivity contribution in [2.75, 3.05) is 6.54 Å². The Bertz CT molecular complexity index is 805. The van der Waals surface area contributed by atoms with Crippen LogP contribution in [0.3, 0.4) is 0 Å². The highest BCUT2D eigenvalue weighted by atomic mass is 16.2. The molecule has 1 heterocycles. The van der Waals surface area contributed by atoms with Crippen molar-refractivity contribution in [2.24, 2.45) is 7.05 Å². The molecule has 0 aliphatic carbocycles. The van der Waals surface area contributed by atoms with Gasteiger partial charge in [-0.05, 0) is 30.5 Å². The van der Waals surface area contributed by atoms with Crippen molar-refractivity contribution in [3.63, 3.8) is 0 Å². The molecule has 1 aromatic heterocycles.